The van der Waals surface area contributed by atoms with Gasteiger partial charge in [-0.1, -0.05) is 79.3 Å². The highest BCUT2D eigenvalue weighted by Crippen LogP contribution is 2.55. The highest BCUT2D eigenvalue weighted by Gasteiger charge is 2.48. The lowest BCUT2D eigenvalue weighted by molar-refractivity contribution is 0.280. The quantitative estimate of drug-likeness (QED) is 0.0914. The molecule has 0 N–H and O–H groups in total. The van der Waals surface area contributed by atoms with E-state index in [1.165, 1.54) is 32.1 Å². The zero-order chi connectivity index (χ0) is 59.8. The molecule has 12 aliphatic rings. The van der Waals surface area contributed by atoms with Gasteiger partial charge < -0.3 is 0 Å². The van der Waals surface area contributed by atoms with Crippen LogP contribution in [0.5, 0.6) is 0 Å². The lowest BCUT2D eigenvalue weighted by Gasteiger charge is -2.26. The Labute approximate surface area is 502 Å². The molecule has 0 aliphatic heterocycles. The highest BCUT2D eigenvalue weighted by molar-refractivity contribution is 5.21. The second-order valence-corrected chi connectivity index (χ2v) is 26.0. The average molecular weight is 1120 g/mol. The zero-order valence-electron chi connectivity index (χ0n) is 49.1. The van der Waals surface area contributed by atoms with Gasteiger partial charge in [-0.3, -0.25) is 0 Å². The molecule has 6 fully saturated rings. The first-order valence-electron chi connectivity index (χ1n) is 31.8. The molecule has 6 saturated carbocycles. The third-order valence-corrected chi connectivity index (χ3v) is 22.0. The standard InChI is InChI=1S/3C13H16N2.C12H14N2.C11H12N2.C10H10N2/c14-7-1-3-12-10-5-6-11(9-10)13(12)4-2-8-15;14-7-2-1-3-12-10-4-5-11(9-10)13(12)6-8-15;14-7-3-1-2-4-12-10-5-6-11(8-10)13(12)9-15;13-6-1-2-11-9-3-4-10(8-9)12(11)5-7-14;12-5-3-10-8-1-2-9(7-8)11(10)4-6-13;11-4-3-9-7-1-2-8(5-7)10(9)6-12/h5-6,10-13H,1-4,9H2;4-5,10-13H,1-3,6,9H2;5-6,10-13H,1-4,8H2;3-4,9-12H,1-2,5,8H2;1-2,8-11H,3-4,7H2;1-2,7-10H,3,5H2. The van der Waals surface area contributed by atoms with Crippen LogP contribution in [0, 0.1) is 278 Å². The van der Waals surface area contributed by atoms with E-state index in [9.17, 15) is 0 Å². The number of rotatable bonds is 18. The number of fused-ring (bicyclic) bond motifs is 12. The summed E-state index contributed by atoms with van der Waals surface area (Å²) in [7, 11) is 0. The SMILES string of the molecule is N#CCC1C2C=CC(C2)C1C#N.N#CCC1C2C=CC(C2)C1CC#N.N#CCCC1C2C=CC(C2)C1CC#N.N#CCCC1C2C=CC(C2)C1CCC#N.N#CCCCC1C2C=CC(C2)C1CC#N.N#CCCCCC1C2C=CC(C2)C1C#N. The summed E-state index contributed by atoms with van der Waals surface area (Å²) in [5.74, 6) is 13.2. The third-order valence-electron chi connectivity index (χ3n) is 22.0. The smallest absolute Gasteiger partial charge is 0.0665 e. The number of nitrogens with zero attached hydrogens (tertiary/aromatic N) is 12. The normalized spacial score (nSPS) is 38.1. The summed E-state index contributed by atoms with van der Waals surface area (Å²) in [5, 5.41) is 104. The second-order valence-electron chi connectivity index (χ2n) is 26.0. The molecule has 12 bridgehead atoms. The molecule has 12 aliphatic carbocycles. The Bertz CT molecular complexity index is 2870. The van der Waals surface area contributed by atoms with Crippen LogP contribution in [0.2, 0.25) is 0 Å². The summed E-state index contributed by atoms with van der Waals surface area (Å²) in [5.41, 5.74) is 0. The molecule has 12 nitrogen and oxygen atoms in total. The predicted molar refractivity (Wildman–Crippen MR) is 317 cm³/mol. The van der Waals surface area contributed by atoms with Crippen LogP contribution in [-0.2, 0) is 0 Å². The van der Waals surface area contributed by atoms with Crippen molar-refractivity contribution in [2.45, 2.75) is 154 Å². The molecule has 0 heterocycles. The first kappa shape index (κ1) is 63.9. The van der Waals surface area contributed by atoms with Crippen molar-refractivity contribution in [3.05, 3.63) is 72.9 Å². The molecule has 0 radical (unpaired) electrons. The maximum atomic E-state index is 9.12. The fourth-order valence-electron chi connectivity index (χ4n) is 18.2. The monoisotopic (exact) mass is 1120 g/mol. The number of hydrogen-bond donors (Lipinski definition) is 0. The molecular weight excluding hydrogens is 1030 g/mol. The molecule has 84 heavy (non-hydrogen) atoms. The van der Waals surface area contributed by atoms with Gasteiger partial charge >= 0.3 is 0 Å². The van der Waals surface area contributed by atoms with Crippen LogP contribution in [0.15, 0.2) is 72.9 Å². The Hall–Kier alpha value is -7.68. The van der Waals surface area contributed by atoms with E-state index < -0.39 is 0 Å². The van der Waals surface area contributed by atoms with Crippen molar-refractivity contribution in [3.8, 4) is 72.8 Å². The number of allylic oxidation sites excluding steroid dienone is 12. The first-order chi connectivity index (χ1) is 41.2. The Morgan fingerprint density at radius 1 is 0.214 bits per heavy atom. The van der Waals surface area contributed by atoms with Crippen LogP contribution in [-0.4, -0.2) is 0 Å². The Morgan fingerprint density at radius 3 is 0.798 bits per heavy atom. The maximum absolute atomic E-state index is 9.12. The lowest BCUT2D eigenvalue weighted by atomic mass is 9.78. The Balaban J connectivity index is 0.000000145. The van der Waals surface area contributed by atoms with Crippen LogP contribution in [0.3, 0.4) is 0 Å². The van der Waals surface area contributed by atoms with Gasteiger partial charge in [0.15, 0.2) is 0 Å². The largest absolute Gasteiger partial charge is 0.198 e. The van der Waals surface area contributed by atoms with E-state index in [-0.39, 0.29) is 11.8 Å². The van der Waals surface area contributed by atoms with Gasteiger partial charge in [0.1, 0.15) is 0 Å². The van der Waals surface area contributed by atoms with E-state index in [1.807, 2.05) is 0 Å². The lowest BCUT2D eigenvalue weighted by Crippen LogP contribution is -2.19. The van der Waals surface area contributed by atoms with Crippen molar-refractivity contribution in [2.75, 3.05) is 0 Å². The molecule has 0 saturated heterocycles. The predicted octanol–water partition coefficient (Wildman–Crippen LogP) is 15.9. The topological polar surface area (TPSA) is 285 Å². The van der Waals surface area contributed by atoms with Gasteiger partial charge in [-0.2, -0.15) is 63.1 Å². The van der Waals surface area contributed by atoms with Gasteiger partial charge in [0, 0.05) is 64.2 Å². The van der Waals surface area contributed by atoms with Gasteiger partial charge in [-0.05, 0) is 214 Å². The van der Waals surface area contributed by atoms with Crippen LogP contribution >= 0.6 is 0 Å². The minimum atomic E-state index is 0.111. The fourth-order valence-corrected chi connectivity index (χ4v) is 18.2. The third kappa shape index (κ3) is 15.5. The summed E-state index contributed by atoms with van der Waals surface area (Å²) in [6, 6.07) is 27.1. The maximum Gasteiger partial charge on any atom is 0.0665 e. The van der Waals surface area contributed by atoms with E-state index >= 15 is 0 Å². The first-order valence-corrected chi connectivity index (χ1v) is 31.8. The van der Waals surface area contributed by atoms with Gasteiger partial charge in [-0.15, -0.1) is 0 Å². The number of nitriles is 12. The number of hydrogen-bond acceptors (Lipinski definition) is 12. The van der Waals surface area contributed by atoms with E-state index in [1.54, 1.807) is 0 Å². The van der Waals surface area contributed by atoms with Crippen LogP contribution in [0.1, 0.15) is 154 Å². The summed E-state index contributed by atoms with van der Waals surface area (Å²) in [6.45, 7) is 0. The van der Waals surface area contributed by atoms with E-state index in [4.69, 9.17) is 63.1 Å². The van der Waals surface area contributed by atoms with E-state index in [2.05, 4.69) is 146 Å². The number of unbranched alkanes of at least 4 members (excludes halogenated alkanes) is 3. The van der Waals surface area contributed by atoms with Crippen LogP contribution in [0.4, 0.5) is 0 Å². The van der Waals surface area contributed by atoms with Crippen molar-refractivity contribution >= 4 is 0 Å². The molecule has 24 unspecified atom stereocenters. The minimum absolute atomic E-state index is 0.111. The Kier molecular flexibility index (Phi) is 25.1. The van der Waals surface area contributed by atoms with E-state index in [0.717, 1.165) is 57.8 Å². The molecule has 24 atom stereocenters. The van der Waals surface area contributed by atoms with Gasteiger partial charge in [0.25, 0.3) is 0 Å². The fraction of sp³-hybridized carbons (Fsp3) is 0.667. The van der Waals surface area contributed by atoms with Crippen molar-refractivity contribution < 1.29 is 0 Å². The molecule has 432 valence electrons. The summed E-state index contributed by atoms with van der Waals surface area (Å²) < 4.78 is 0. The van der Waals surface area contributed by atoms with Crippen LogP contribution < -0.4 is 0 Å². The molecule has 0 spiro atoms. The van der Waals surface area contributed by atoms with Gasteiger partial charge in [0.05, 0.1) is 84.7 Å². The molecular formula is C72H84N12. The van der Waals surface area contributed by atoms with Crippen LogP contribution in [0.25, 0.3) is 0 Å². The molecule has 0 aromatic rings. The molecule has 12 rings (SSSR count). The van der Waals surface area contributed by atoms with E-state index in [0.29, 0.717) is 194 Å². The zero-order valence-corrected chi connectivity index (χ0v) is 49.1. The summed E-state index contributed by atoms with van der Waals surface area (Å²) in [6.07, 6.45) is 49.3. The van der Waals surface area contributed by atoms with Crippen molar-refractivity contribution in [1.29, 1.82) is 63.1 Å². The molecule has 0 aromatic carbocycles. The highest BCUT2D eigenvalue weighted by atomic mass is 14.5. The van der Waals surface area contributed by atoms with Crippen molar-refractivity contribution in [3.63, 3.8) is 0 Å². The Morgan fingerprint density at radius 2 is 0.452 bits per heavy atom. The summed E-state index contributed by atoms with van der Waals surface area (Å²) in [4.78, 5) is 0. The average Bonchev–Trinajstić information content (AvgIpc) is 4.57. The second kappa shape index (κ2) is 33.0. The summed E-state index contributed by atoms with van der Waals surface area (Å²) >= 11 is 0. The van der Waals surface area contributed by atoms with Crippen molar-refractivity contribution in [2.24, 2.45) is 142 Å². The minimum Gasteiger partial charge on any atom is -0.198 e. The van der Waals surface area contributed by atoms with Gasteiger partial charge in [0.2, 0.25) is 0 Å². The molecule has 0 amide bonds. The van der Waals surface area contributed by atoms with Gasteiger partial charge in [-0.25, -0.2) is 0 Å². The molecule has 0 aromatic heterocycles. The van der Waals surface area contributed by atoms with Crippen molar-refractivity contribution in [1.82, 2.24) is 0 Å². The molecule has 12 heteroatoms.